The molecule has 2 aromatic heterocycles. The van der Waals surface area contributed by atoms with Crippen molar-refractivity contribution in [1.29, 1.82) is 0 Å². The summed E-state index contributed by atoms with van der Waals surface area (Å²) in [5.41, 5.74) is 1.83. The first-order chi connectivity index (χ1) is 15.1. The fourth-order valence-corrected chi connectivity index (χ4v) is 4.28. The van der Waals surface area contributed by atoms with E-state index in [1.165, 1.54) is 42.8 Å². The lowest BCUT2D eigenvalue weighted by molar-refractivity contribution is 0.222. The van der Waals surface area contributed by atoms with Crippen molar-refractivity contribution < 1.29 is 9.13 Å². The Balaban J connectivity index is 1.36. The van der Waals surface area contributed by atoms with Gasteiger partial charge in [-0.2, -0.15) is 5.10 Å². The number of ether oxygens (including phenoxy) is 1. The van der Waals surface area contributed by atoms with E-state index in [2.05, 4.69) is 34.2 Å². The van der Waals surface area contributed by atoms with Gasteiger partial charge >= 0.3 is 0 Å². The molecular weight excluding hydrogens is 393 g/mol. The lowest BCUT2D eigenvalue weighted by atomic mass is 9.84. The minimum atomic E-state index is -0.324. The Morgan fingerprint density at radius 1 is 1.16 bits per heavy atom. The van der Waals surface area contributed by atoms with E-state index in [1.54, 1.807) is 36.8 Å². The predicted octanol–water partition coefficient (Wildman–Crippen LogP) is 4.79. The summed E-state index contributed by atoms with van der Waals surface area (Å²) in [5, 5.41) is 7.95. The Kier molecular flexibility index (Phi) is 6.92. The van der Waals surface area contributed by atoms with Crippen LogP contribution in [0.25, 0.3) is 16.9 Å². The predicted molar refractivity (Wildman–Crippen MR) is 119 cm³/mol. The Labute approximate surface area is 182 Å². The molecule has 1 saturated carbocycles. The summed E-state index contributed by atoms with van der Waals surface area (Å²) in [6, 6.07) is 7.75. The van der Waals surface area contributed by atoms with Crippen LogP contribution in [0, 0.1) is 11.7 Å². The Morgan fingerprint density at radius 2 is 1.97 bits per heavy atom. The van der Waals surface area contributed by atoms with Gasteiger partial charge in [0.1, 0.15) is 23.5 Å². The lowest BCUT2D eigenvalue weighted by Crippen LogP contribution is -2.37. The van der Waals surface area contributed by atoms with Crippen molar-refractivity contribution in [3.05, 3.63) is 55.0 Å². The molecule has 0 atom stereocenters. The minimum absolute atomic E-state index is 0.324. The molecule has 3 aromatic rings. The van der Waals surface area contributed by atoms with Crippen molar-refractivity contribution in [1.82, 2.24) is 25.1 Å². The molecule has 0 bridgehead atoms. The van der Waals surface area contributed by atoms with E-state index in [0.717, 1.165) is 12.0 Å². The van der Waals surface area contributed by atoms with Gasteiger partial charge in [-0.1, -0.05) is 26.0 Å². The van der Waals surface area contributed by atoms with Gasteiger partial charge in [-0.3, -0.25) is 0 Å². The normalized spacial score (nSPS) is 19.0. The number of halogens is 1. The van der Waals surface area contributed by atoms with Crippen LogP contribution in [0.15, 0.2) is 49.2 Å². The van der Waals surface area contributed by atoms with Gasteiger partial charge in [-0.25, -0.2) is 19.0 Å². The molecule has 2 heterocycles. The van der Waals surface area contributed by atoms with Gasteiger partial charge < -0.3 is 10.1 Å². The van der Waals surface area contributed by atoms with E-state index < -0.39 is 0 Å². The average Bonchev–Trinajstić information content (AvgIpc) is 3.25. The van der Waals surface area contributed by atoms with Crippen LogP contribution in [-0.4, -0.2) is 38.4 Å². The standard InChI is InChI=1S/C24H30FN5O/c1-17(2)29-20-9-7-18(8-10-20)11-12-31-23-14-26-16-27-24(23)19-13-28-30(15-19)22-6-4-3-5-21(22)25/h3-6,13-18,20,29H,7-12H2,1-2H3/t18-,20+. The van der Waals surface area contributed by atoms with Crippen LogP contribution in [0.1, 0.15) is 46.0 Å². The molecule has 31 heavy (non-hydrogen) atoms. The van der Waals surface area contributed by atoms with Gasteiger partial charge in [0.2, 0.25) is 0 Å². The van der Waals surface area contributed by atoms with Gasteiger partial charge in [0.15, 0.2) is 5.75 Å². The lowest BCUT2D eigenvalue weighted by Gasteiger charge is -2.30. The zero-order valence-corrected chi connectivity index (χ0v) is 18.2. The number of aromatic nitrogens is 4. The van der Waals surface area contributed by atoms with E-state index in [9.17, 15) is 4.39 Å². The van der Waals surface area contributed by atoms with E-state index in [-0.39, 0.29) is 5.82 Å². The monoisotopic (exact) mass is 423 g/mol. The second-order valence-corrected chi connectivity index (χ2v) is 8.54. The quantitative estimate of drug-likeness (QED) is 0.564. The molecule has 1 aliphatic rings. The molecule has 0 spiro atoms. The van der Waals surface area contributed by atoms with E-state index in [4.69, 9.17) is 4.74 Å². The zero-order chi connectivity index (χ0) is 21.6. The van der Waals surface area contributed by atoms with Crippen molar-refractivity contribution >= 4 is 0 Å². The third-order valence-electron chi connectivity index (χ3n) is 5.83. The third kappa shape index (κ3) is 5.47. The number of nitrogens with zero attached hydrogens (tertiary/aromatic N) is 4. The topological polar surface area (TPSA) is 64.9 Å². The van der Waals surface area contributed by atoms with Crippen molar-refractivity contribution in [2.45, 2.75) is 58.0 Å². The SMILES string of the molecule is CC(C)N[C@H]1CC[C@@H](CCOc2cncnc2-c2cnn(-c3ccccc3F)c2)CC1. The highest BCUT2D eigenvalue weighted by atomic mass is 19.1. The first-order valence-electron chi connectivity index (χ1n) is 11.1. The summed E-state index contributed by atoms with van der Waals surface area (Å²) in [6.45, 7) is 5.05. The van der Waals surface area contributed by atoms with Gasteiger partial charge in [0, 0.05) is 23.8 Å². The second-order valence-electron chi connectivity index (χ2n) is 8.54. The van der Waals surface area contributed by atoms with Crippen LogP contribution >= 0.6 is 0 Å². The van der Waals surface area contributed by atoms with Crippen LogP contribution in [0.5, 0.6) is 5.75 Å². The maximum absolute atomic E-state index is 14.1. The number of hydrogen-bond donors (Lipinski definition) is 1. The zero-order valence-electron chi connectivity index (χ0n) is 18.2. The molecule has 0 unspecified atom stereocenters. The Morgan fingerprint density at radius 3 is 2.74 bits per heavy atom. The number of para-hydroxylation sites is 1. The summed E-state index contributed by atoms with van der Waals surface area (Å²) < 4.78 is 21.7. The van der Waals surface area contributed by atoms with E-state index in [0.29, 0.717) is 41.7 Å². The number of hydrogen-bond acceptors (Lipinski definition) is 5. The summed E-state index contributed by atoms with van der Waals surface area (Å²) in [5.74, 6) is 1.00. The van der Waals surface area contributed by atoms with Crippen molar-refractivity contribution in [3.8, 4) is 22.7 Å². The highest BCUT2D eigenvalue weighted by Crippen LogP contribution is 2.30. The van der Waals surface area contributed by atoms with Crippen LogP contribution in [0.2, 0.25) is 0 Å². The molecule has 6 nitrogen and oxygen atoms in total. The second kappa shape index (κ2) is 10.0. The Hall–Kier alpha value is -2.80. The molecule has 0 amide bonds. The molecule has 164 valence electrons. The largest absolute Gasteiger partial charge is 0.490 e. The summed E-state index contributed by atoms with van der Waals surface area (Å²) in [7, 11) is 0. The molecule has 7 heteroatoms. The molecule has 0 aliphatic heterocycles. The summed E-state index contributed by atoms with van der Waals surface area (Å²) in [4.78, 5) is 8.51. The minimum Gasteiger partial charge on any atom is -0.490 e. The summed E-state index contributed by atoms with van der Waals surface area (Å²) in [6.07, 6.45) is 12.6. The van der Waals surface area contributed by atoms with Crippen LogP contribution in [-0.2, 0) is 0 Å². The first kappa shape index (κ1) is 21.4. The van der Waals surface area contributed by atoms with Gasteiger partial charge in [0.05, 0.1) is 19.0 Å². The number of nitrogens with one attached hydrogen (secondary N) is 1. The fourth-order valence-electron chi connectivity index (χ4n) is 4.28. The van der Waals surface area contributed by atoms with Crippen LogP contribution < -0.4 is 10.1 Å². The molecule has 4 rings (SSSR count). The maximum Gasteiger partial charge on any atom is 0.163 e. The van der Waals surface area contributed by atoms with Gasteiger partial charge in [-0.15, -0.1) is 0 Å². The van der Waals surface area contributed by atoms with Crippen molar-refractivity contribution in [2.75, 3.05) is 6.61 Å². The fraction of sp³-hybridized carbons (Fsp3) is 0.458. The smallest absolute Gasteiger partial charge is 0.163 e. The van der Waals surface area contributed by atoms with Gasteiger partial charge in [0.25, 0.3) is 0 Å². The highest BCUT2D eigenvalue weighted by Gasteiger charge is 2.21. The van der Waals surface area contributed by atoms with E-state index >= 15 is 0 Å². The van der Waals surface area contributed by atoms with Crippen molar-refractivity contribution in [3.63, 3.8) is 0 Å². The molecule has 0 saturated heterocycles. The van der Waals surface area contributed by atoms with Gasteiger partial charge in [-0.05, 0) is 50.2 Å². The summed E-state index contributed by atoms with van der Waals surface area (Å²) >= 11 is 0. The third-order valence-corrected chi connectivity index (χ3v) is 5.83. The molecule has 1 N–H and O–H groups in total. The molecule has 1 aromatic carbocycles. The van der Waals surface area contributed by atoms with Crippen molar-refractivity contribution in [2.24, 2.45) is 5.92 Å². The van der Waals surface area contributed by atoms with Crippen LogP contribution in [0.4, 0.5) is 4.39 Å². The number of benzene rings is 1. The first-order valence-corrected chi connectivity index (χ1v) is 11.1. The highest BCUT2D eigenvalue weighted by molar-refractivity contribution is 5.64. The molecule has 1 fully saturated rings. The average molecular weight is 424 g/mol. The van der Waals surface area contributed by atoms with E-state index in [1.807, 2.05) is 0 Å². The number of rotatable bonds is 8. The molecule has 1 aliphatic carbocycles. The molecule has 0 radical (unpaired) electrons. The molecular formula is C24H30FN5O. The Bertz CT molecular complexity index is 981. The maximum atomic E-state index is 14.1. The van der Waals surface area contributed by atoms with Crippen LogP contribution in [0.3, 0.4) is 0 Å².